The molecule has 0 saturated carbocycles. The van der Waals surface area contributed by atoms with Crippen LogP contribution in [0.1, 0.15) is 16.1 Å². The number of nitro groups is 1. The molecule has 0 aliphatic carbocycles. The lowest BCUT2D eigenvalue weighted by Crippen LogP contribution is -2.10. The average molecular weight is 422 g/mol. The predicted octanol–water partition coefficient (Wildman–Crippen LogP) is 3.60. The van der Waals surface area contributed by atoms with E-state index in [1.54, 1.807) is 18.2 Å². The molecule has 31 heavy (non-hydrogen) atoms. The van der Waals surface area contributed by atoms with E-state index in [0.717, 1.165) is 0 Å². The number of rotatable bonds is 6. The number of carbonyl (C=O) groups excluding carboxylic acids is 1. The van der Waals surface area contributed by atoms with Crippen LogP contribution in [0.2, 0.25) is 0 Å². The number of nitro benzene ring substituents is 1. The number of benzene rings is 2. The summed E-state index contributed by atoms with van der Waals surface area (Å²) >= 11 is 0. The summed E-state index contributed by atoms with van der Waals surface area (Å²) in [5.74, 6) is 2.70. The lowest BCUT2D eigenvalue weighted by atomic mass is 9.93. The zero-order valence-corrected chi connectivity index (χ0v) is 17.2. The number of carbonyl (C=O) groups is 1. The predicted molar refractivity (Wildman–Crippen MR) is 113 cm³/mol. The smallest absolute Gasteiger partial charge is 0.358 e. The number of non-ortho nitro benzene ring substituents is 1. The van der Waals surface area contributed by atoms with E-state index in [-0.39, 0.29) is 22.5 Å². The monoisotopic (exact) mass is 422 g/mol. The van der Waals surface area contributed by atoms with Crippen molar-refractivity contribution in [2.24, 2.45) is 0 Å². The lowest BCUT2D eigenvalue weighted by molar-refractivity contribution is -0.383. The Morgan fingerprint density at radius 2 is 1.74 bits per heavy atom. The van der Waals surface area contributed by atoms with Crippen molar-refractivity contribution >= 4 is 22.6 Å². The molecule has 0 saturated heterocycles. The average Bonchev–Trinajstić information content (AvgIpc) is 2.80. The third-order valence-corrected chi connectivity index (χ3v) is 4.67. The molecule has 0 aliphatic rings. The van der Waals surface area contributed by atoms with Crippen molar-refractivity contribution in [1.82, 2.24) is 4.98 Å². The third kappa shape index (κ3) is 3.55. The summed E-state index contributed by atoms with van der Waals surface area (Å²) < 4.78 is 21.0. The number of methoxy groups -OCH3 is 4. The van der Waals surface area contributed by atoms with Crippen molar-refractivity contribution in [2.75, 3.05) is 28.4 Å². The highest BCUT2D eigenvalue weighted by Gasteiger charge is 2.26. The fourth-order valence-corrected chi connectivity index (χ4v) is 3.33. The van der Waals surface area contributed by atoms with Gasteiger partial charge in [0.25, 0.3) is 5.69 Å². The van der Waals surface area contributed by atoms with Gasteiger partial charge in [-0.1, -0.05) is 18.1 Å². The zero-order chi connectivity index (χ0) is 22.7. The fourth-order valence-electron chi connectivity index (χ4n) is 3.33. The maximum absolute atomic E-state index is 12.4. The van der Waals surface area contributed by atoms with Gasteiger partial charge in [0.1, 0.15) is 5.52 Å². The van der Waals surface area contributed by atoms with Gasteiger partial charge in [0.2, 0.25) is 5.75 Å². The number of nitrogens with zero attached hydrogens (tertiary/aromatic N) is 2. The van der Waals surface area contributed by atoms with Crippen LogP contribution in [0, 0.1) is 22.5 Å². The van der Waals surface area contributed by atoms with Gasteiger partial charge in [0, 0.05) is 17.0 Å². The van der Waals surface area contributed by atoms with E-state index in [1.165, 1.54) is 40.6 Å². The minimum Gasteiger partial charge on any atom is -0.493 e. The van der Waals surface area contributed by atoms with Crippen LogP contribution in [0.25, 0.3) is 22.0 Å². The minimum atomic E-state index is -0.818. The summed E-state index contributed by atoms with van der Waals surface area (Å²) in [7, 11) is 5.55. The fraction of sp³-hybridized carbons (Fsp3) is 0.182. The number of terminal acetylenes is 1. The molecule has 0 N–H and O–H groups in total. The van der Waals surface area contributed by atoms with Crippen LogP contribution in [0.4, 0.5) is 5.69 Å². The Labute approximate surface area is 177 Å². The number of pyridine rings is 1. The number of hydrogen-bond donors (Lipinski definition) is 0. The quantitative estimate of drug-likeness (QED) is 0.256. The molecular weight excluding hydrogens is 404 g/mol. The second-order valence-corrected chi connectivity index (χ2v) is 6.19. The van der Waals surface area contributed by atoms with E-state index in [9.17, 15) is 14.9 Å². The summed E-state index contributed by atoms with van der Waals surface area (Å²) in [6.07, 6.45) is 5.75. The van der Waals surface area contributed by atoms with Crippen molar-refractivity contribution in [3.05, 3.63) is 51.7 Å². The van der Waals surface area contributed by atoms with E-state index < -0.39 is 10.9 Å². The standard InChI is InChI=1S/C22H18N2O7/c1-6-13-18(12-10-16(28-2)21(30-4)17(11-12)29-3)14-8-7-9-15(24(26)27)19(14)23-20(13)22(25)31-5/h1,7-11H,2-5H3. The highest BCUT2D eigenvalue weighted by Crippen LogP contribution is 2.44. The first kappa shape index (κ1) is 21.4. The Morgan fingerprint density at radius 1 is 1.10 bits per heavy atom. The number of hydrogen-bond acceptors (Lipinski definition) is 8. The molecule has 0 bridgehead atoms. The summed E-state index contributed by atoms with van der Waals surface area (Å²) in [6.45, 7) is 0. The molecule has 0 spiro atoms. The Bertz CT molecular complexity index is 1220. The first-order valence-corrected chi connectivity index (χ1v) is 8.88. The summed E-state index contributed by atoms with van der Waals surface area (Å²) in [5.41, 5.74) is 0.483. The molecule has 3 aromatic rings. The molecule has 9 nitrogen and oxygen atoms in total. The highest BCUT2D eigenvalue weighted by molar-refractivity contribution is 6.06. The van der Waals surface area contributed by atoms with E-state index in [0.29, 0.717) is 33.8 Å². The van der Waals surface area contributed by atoms with Crippen molar-refractivity contribution in [2.45, 2.75) is 0 Å². The molecule has 0 atom stereocenters. The second-order valence-electron chi connectivity index (χ2n) is 6.19. The number of ether oxygens (including phenoxy) is 4. The number of fused-ring (bicyclic) bond motifs is 1. The Morgan fingerprint density at radius 3 is 2.23 bits per heavy atom. The first-order valence-electron chi connectivity index (χ1n) is 8.88. The lowest BCUT2D eigenvalue weighted by Gasteiger charge is -2.17. The maximum Gasteiger partial charge on any atom is 0.358 e. The third-order valence-electron chi connectivity index (χ3n) is 4.67. The van der Waals surface area contributed by atoms with Crippen LogP contribution in [0.5, 0.6) is 17.2 Å². The van der Waals surface area contributed by atoms with E-state index in [1.807, 2.05) is 0 Å². The second kappa shape index (κ2) is 8.59. The SMILES string of the molecule is C#Cc1c(C(=O)OC)nc2c([N+](=O)[O-])cccc2c1-c1cc(OC)c(OC)c(OC)c1. The van der Waals surface area contributed by atoms with Crippen molar-refractivity contribution < 1.29 is 28.7 Å². The van der Waals surface area contributed by atoms with Gasteiger partial charge in [-0.25, -0.2) is 9.78 Å². The summed E-state index contributed by atoms with van der Waals surface area (Å²) in [6, 6.07) is 7.72. The summed E-state index contributed by atoms with van der Waals surface area (Å²) in [5, 5.41) is 12.0. The molecule has 0 unspecified atom stereocenters. The van der Waals surface area contributed by atoms with Crippen LogP contribution in [0.15, 0.2) is 30.3 Å². The largest absolute Gasteiger partial charge is 0.493 e. The van der Waals surface area contributed by atoms with Crippen molar-refractivity contribution in [1.29, 1.82) is 0 Å². The molecular formula is C22H18N2O7. The van der Waals surface area contributed by atoms with Gasteiger partial charge in [-0.05, 0) is 17.7 Å². The molecule has 0 radical (unpaired) electrons. The molecule has 2 aromatic carbocycles. The number of esters is 1. The van der Waals surface area contributed by atoms with Crippen molar-refractivity contribution in [3.63, 3.8) is 0 Å². The van der Waals surface area contributed by atoms with Crippen LogP contribution in [-0.2, 0) is 4.74 Å². The van der Waals surface area contributed by atoms with Gasteiger partial charge in [-0.3, -0.25) is 10.1 Å². The molecule has 0 amide bonds. The maximum atomic E-state index is 12.4. The van der Waals surface area contributed by atoms with Gasteiger partial charge in [-0.2, -0.15) is 0 Å². The minimum absolute atomic E-state index is 0.00403. The van der Waals surface area contributed by atoms with E-state index in [2.05, 4.69) is 10.9 Å². The Balaban J connectivity index is 2.55. The van der Waals surface area contributed by atoms with Crippen LogP contribution >= 0.6 is 0 Å². The first-order chi connectivity index (χ1) is 14.9. The molecule has 0 fully saturated rings. The highest BCUT2D eigenvalue weighted by atomic mass is 16.6. The molecule has 0 aliphatic heterocycles. The zero-order valence-electron chi connectivity index (χ0n) is 17.2. The van der Waals surface area contributed by atoms with Crippen LogP contribution in [-0.4, -0.2) is 44.3 Å². The molecule has 158 valence electrons. The van der Waals surface area contributed by atoms with Gasteiger partial charge >= 0.3 is 5.97 Å². The summed E-state index contributed by atoms with van der Waals surface area (Å²) in [4.78, 5) is 27.7. The normalized spacial score (nSPS) is 10.3. The van der Waals surface area contributed by atoms with Gasteiger partial charge in [0.15, 0.2) is 17.2 Å². The molecule has 9 heteroatoms. The Hall–Kier alpha value is -4.32. The van der Waals surface area contributed by atoms with Gasteiger partial charge in [-0.15, -0.1) is 6.42 Å². The topological polar surface area (TPSA) is 110 Å². The van der Waals surface area contributed by atoms with E-state index >= 15 is 0 Å². The number of para-hydroxylation sites is 1. The Kier molecular flexibility index (Phi) is 5.93. The molecule has 1 heterocycles. The van der Waals surface area contributed by atoms with Crippen LogP contribution in [0.3, 0.4) is 0 Å². The molecule has 1 aromatic heterocycles. The van der Waals surface area contributed by atoms with Crippen molar-refractivity contribution in [3.8, 4) is 40.7 Å². The van der Waals surface area contributed by atoms with Crippen LogP contribution < -0.4 is 14.2 Å². The molecule has 3 rings (SSSR count). The van der Waals surface area contributed by atoms with E-state index in [4.69, 9.17) is 25.4 Å². The van der Waals surface area contributed by atoms with Gasteiger partial charge < -0.3 is 18.9 Å². The number of aromatic nitrogens is 1. The van der Waals surface area contributed by atoms with Gasteiger partial charge in [0.05, 0.1) is 38.9 Å².